The molecule has 0 radical (unpaired) electrons. The number of rotatable bonds is 7. The number of furan rings is 1. The van der Waals surface area contributed by atoms with E-state index >= 15 is 0 Å². The largest absolute Gasteiger partial charge is 0.465 e. The van der Waals surface area contributed by atoms with Crippen molar-refractivity contribution in [2.24, 2.45) is 0 Å². The number of aryl methyl sites for hydroxylation is 1. The Kier molecular flexibility index (Phi) is 4.99. The Morgan fingerprint density at radius 3 is 2.86 bits per heavy atom. The van der Waals surface area contributed by atoms with Gasteiger partial charge in [-0.05, 0) is 52.1 Å². The van der Waals surface area contributed by atoms with Crippen LogP contribution in [0.1, 0.15) is 49.2 Å². The Labute approximate surface area is 127 Å². The van der Waals surface area contributed by atoms with E-state index in [4.69, 9.17) is 9.15 Å². The molecule has 1 saturated carbocycles. The first-order chi connectivity index (χ1) is 10.2. The highest BCUT2D eigenvalue weighted by molar-refractivity contribution is 5.20. The van der Waals surface area contributed by atoms with Gasteiger partial charge in [0.05, 0.1) is 12.6 Å². The van der Waals surface area contributed by atoms with Gasteiger partial charge in [0.2, 0.25) is 0 Å². The van der Waals surface area contributed by atoms with E-state index in [1.54, 1.807) is 0 Å². The van der Waals surface area contributed by atoms with Gasteiger partial charge in [0.15, 0.2) is 0 Å². The van der Waals surface area contributed by atoms with Gasteiger partial charge in [0.25, 0.3) is 0 Å². The third-order valence-corrected chi connectivity index (χ3v) is 4.44. The fourth-order valence-corrected chi connectivity index (χ4v) is 3.02. The van der Waals surface area contributed by atoms with Gasteiger partial charge in [-0.3, -0.25) is 4.90 Å². The van der Waals surface area contributed by atoms with Crippen LogP contribution in [0.5, 0.6) is 0 Å². The van der Waals surface area contributed by atoms with Gasteiger partial charge in [0, 0.05) is 31.3 Å². The Hall–Kier alpha value is -0.840. The van der Waals surface area contributed by atoms with Crippen molar-refractivity contribution < 1.29 is 9.15 Å². The standard InChI is InChI=1S/C17H28N2O2/c1-13-14(9-17(21-13)10-18-15-6-7-15)11-19(2)12-16-5-3-4-8-20-16/h9,15-16,18H,3-8,10-12H2,1-2H3. The van der Waals surface area contributed by atoms with Crippen LogP contribution in [0.3, 0.4) is 0 Å². The summed E-state index contributed by atoms with van der Waals surface area (Å²) in [4.78, 5) is 2.35. The third kappa shape index (κ3) is 4.56. The summed E-state index contributed by atoms with van der Waals surface area (Å²) in [6.45, 7) is 5.82. The van der Waals surface area contributed by atoms with Gasteiger partial charge >= 0.3 is 0 Å². The molecule has 2 fully saturated rings. The molecular formula is C17H28N2O2. The lowest BCUT2D eigenvalue weighted by Gasteiger charge is -2.27. The Balaban J connectivity index is 1.48. The van der Waals surface area contributed by atoms with E-state index in [1.165, 1.54) is 37.7 Å². The molecule has 1 N–H and O–H groups in total. The van der Waals surface area contributed by atoms with Gasteiger partial charge in [-0.15, -0.1) is 0 Å². The molecule has 1 atom stereocenters. The molecule has 2 aliphatic rings. The van der Waals surface area contributed by atoms with Crippen LogP contribution in [0.15, 0.2) is 10.5 Å². The second kappa shape index (κ2) is 6.95. The van der Waals surface area contributed by atoms with Crippen LogP contribution in [0.2, 0.25) is 0 Å². The first-order valence-corrected chi connectivity index (χ1v) is 8.32. The van der Waals surface area contributed by atoms with E-state index in [0.717, 1.165) is 43.8 Å². The number of nitrogens with one attached hydrogen (secondary N) is 1. The second-order valence-corrected chi connectivity index (χ2v) is 6.63. The summed E-state index contributed by atoms with van der Waals surface area (Å²) >= 11 is 0. The average molecular weight is 292 g/mol. The van der Waals surface area contributed by atoms with Crippen molar-refractivity contribution in [3.63, 3.8) is 0 Å². The summed E-state index contributed by atoms with van der Waals surface area (Å²) < 4.78 is 11.7. The Morgan fingerprint density at radius 2 is 2.14 bits per heavy atom. The predicted molar refractivity (Wildman–Crippen MR) is 83.2 cm³/mol. The van der Waals surface area contributed by atoms with E-state index in [2.05, 4.69) is 30.3 Å². The van der Waals surface area contributed by atoms with Gasteiger partial charge in [-0.25, -0.2) is 0 Å². The van der Waals surface area contributed by atoms with Crippen LogP contribution in [0.4, 0.5) is 0 Å². The normalized spacial score (nSPS) is 22.9. The molecule has 1 aliphatic carbocycles. The maximum atomic E-state index is 5.86. The molecular weight excluding hydrogens is 264 g/mol. The Morgan fingerprint density at radius 1 is 1.29 bits per heavy atom. The van der Waals surface area contributed by atoms with E-state index < -0.39 is 0 Å². The zero-order valence-electron chi connectivity index (χ0n) is 13.4. The summed E-state index contributed by atoms with van der Waals surface area (Å²) in [6, 6.07) is 2.94. The van der Waals surface area contributed by atoms with E-state index in [0.29, 0.717) is 6.10 Å². The molecule has 1 aliphatic heterocycles. The quantitative estimate of drug-likeness (QED) is 0.838. The number of ether oxygens (including phenoxy) is 1. The lowest BCUT2D eigenvalue weighted by Crippen LogP contribution is -2.33. The molecule has 4 heteroatoms. The molecule has 1 aromatic heterocycles. The Bertz CT molecular complexity index is 448. The van der Waals surface area contributed by atoms with Crippen LogP contribution >= 0.6 is 0 Å². The van der Waals surface area contributed by atoms with E-state index in [9.17, 15) is 0 Å². The average Bonchev–Trinajstić information content (AvgIpc) is 3.23. The molecule has 2 heterocycles. The van der Waals surface area contributed by atoms with Crippen LogP contribution < -0.4 is 5.32 Å². The SMILES string of the molecule is Cc1oc(CNC2CC2)cc1CN(C)CC1CCCCO1. The number of hydrogen-bond acceptors (Lipinski definition) is 4. The van der Waals surface area contributed by atoms with Crippen LogP contribution in [0.25, 0.3) is 0 Å². The highest BCUT2D eigenvalue weighted by atomic mass is 16.5. The van der Waals surface area contributed by atoms with Gasteiger partial charge in [-0.1, -0.05) is 0 Å². The summed E-state index contributed by atoms with van der Waals surface area (Å²) in [6.07, 6.45) is 6.77. The summed E-state index contributed by atoms with van der Waals surface area (Å²) in [5.74, 6) is 2.12. The van der Waals surface area contributed by atoms with Gasteiger partial charge in [0.1, 0.15) is 11.5 Å². The highest BCUT2D eigenvalue weighted by Crippen LogP contribution is 2.21. The molecule has 0 bridgehead atoms. The summed E-state index contributed by atoms with van der Waals surface area (Å²) in [5.41, 5.74) is 1.31. The topological polar surface area (TPSA) is 37.6 Å². The molecule has 21 heavy (non-hydrogen) atoms. The van der Waals surface area contributed by atoms with Gasteiger partial charge < -0.3 is 14.5 Å². The fourth-order valence-electron chi connectivity index (χ4n) is 3.02. The zero-order valence-corrected chi connectivity index (χ0v) is 13.4. The van der Waals surface area contributed by atoms with Crippen molar-refractivity contribution in [1.29, 1.82) is 0 Å². The predicted octanol–water partition coefficient (Wildman–Crippen LogP) is 2.84. The summed E-state index contributed by atoms with van der Waals surface area (Å²) in [7, 11) is 2.17. The lowest BCUT2D eigenvalue weighted by molar-refractivity contribution is -0.00264. The van der Waals surface area contributed by atoms with Crippen LogP contribution in [0, 0.1) is 6.92 Å². The molecule has 1 aromatic rings. The van der Waals surface area contributed by atoms with Crippen molar-refractivity contribution in [2.75, 3.05) is 20.2 Å². The van der Waals surface area contributed by atoms with Crippen molar-refractivity contribution in [2.45, 2.75) is 64.3 Å². The molecule has 1 unspecified atom stereocenters. The minimum absolute atomic E-state index is 0.409. The van der Waals surface area contributed by atoms with Crippen molar-refractivity contribution in [1.82, 2.24) is 10.2 Å². The first-order valence-electron chi connectivity index (χ1n) is 8.32. The molecule has 0 spiro atoms. The molecule has 0 amide bonds. The minimum Gasteiger partial charge on any atom is -0.465 e. The number of hydrogen-bond donors (Lipinski definition) is 1. The van der Waals surface area contributed by atoms with Crippen LogP contribution in [-0.2, 0) is 17.8 Å². The monoisotopic (exact) mass is 292 g/mol. The lowest BCUT2D eigenvalue weighted by atomic mass is 10.1. The molecule has 118 valence electrons. The first kappa shape index (κ1) is 15.1. The maximum absolute atomic E-state index is 5.86. The molecule has 1 saturated heterocycles. The molecule has 4 nitrogen and oxygen atoms in total. The van der Waals surface area contributed by atoms with Gasteiger partial charge in [-0.2, -0.15) is 0 Å². The van der Waals surface area contributed by atoms with E-state index in [1.807, 2.05) is 0 Å². The van der Waals surface area contributed by atoms with E-state index in [-0.39, 0.29) is 0 Å². The third-order valence-electron chi connectivity index (χ3n) is 4.44. The fraction of sp³-hybridized carbons (Fsp3) is 0.765. The minimum atomic E-state index is 0.409. The zero-order chi connectivity index (χ0) is 14.7. The highest BCUT2D eigenvalue weighted by Gasteiger charge is 2.21. The summed E-state index contributed by atoms with van der Waals surface area (Å²) in [5, 5.41) is 3.51. The van der Waals surface area contributed by atoms with Crippen LogP contribution in [-0.4, -0.2) is 37.2 Å². The molecule has 0 aromatic carbocycles. The van der Waals surface area contributed by atoms with Crippen molar-refractivity contribution in [3.05, 3.63) is 23.2 Å². The number of likely N-dealkylation sites (N-methyl/N-ethyl adjacent to an activating group) is 1. The number of nitrogens with zero attached hydrogens (tertiary/aromatic N) is 1. The van der Waals surface area contributed by atoms with Crippen molar-refractivity contribution >= 4 is 0 Å². The smallest absolute Gasteiger partial charge is 0.118 e. The van der Waals surface area contributed by atoms with Crippen molar-refractivity contribution in [3.8, 4) is 0 Å². The second-order valence-electron chi connectivity index (χ2n) is 6.63. The maximum Gasteiger partial charge on any atom is 0.118 e. The molecule has 3 rings (SSSR count).